The largest absolute Gasteiger partial charge is 0.497 e. The number of carbonyl (C=O) groups is 1. The van der Waals surface area contributed by atoms with Gasteiger partial charge in [0.15, 0.2) is 0 Å². The molecule has 1 N–H and O–H groups in total. The van der Waals surface area contributed by atoms with Crippen molar-refractivity contribution in [3.8, 4) is 5.75 Å². The summed E-state index contributed by atoms with van der Waals surface area (Å²) in [5.74, 6) is 0.0563. The topological polar surface area (TPSA) is 59.0 Å². The molecule has 1 aliphatic rings. The lowest BCUT2D eigenvalue weighted by Gasteiger charge is -2.24. The fraction of sp³-hybridized carbons (Fsp3) is 0.562. The van der Waals surface area contributed by atoms with Crippen LogP contribution in [0.4, 0.5) is 0 Å². The van der Waals surface area contributed by atoms with Crippen LogP contribution in [-0.4, -0.2) is 48.9 Å². The van der Waals surface area contributed by atoms with Crippen molar-refractivity contribution in [1.82, 2.24) is 4.90 Å². The maximum absolute atomic E-state index is 10.8. The molecule has 0 bridgehead atoms. The summed E-state index contributed by atoms with van der Waals surface area (Å²) >= 11 is 0. The normalized spacial score (nSPS) is 18.1. The van der Waals surface area contributed by atoms with Crippen molar-refractivity contribution in [3.63, 3.8) is 0 Å². The molecule has 1 atom stereocenters. The van der Waals surface area contributed by atoms with E-state index in [9.17, 15) is 4.79 Å². The van der Waals surface area contributed by atoms with Crippen molar-refractivity contribution >= 4 is 5.97 Å². The summed E-state index contributed by atoms with van der Waals surface area (Å²) in [7, 11) is 1.65. The number of ether oxygens (including phenoxy) is 2. The number of nitrogens with zero attached hydrogens (tertiary/aromatic N) is 1. The van der Waals surface area contributed by atoms with E-state index in [1.54, 1.807) is 7.11 Å². The average molecular weight is 293 g/mol. The molecule has 0 aromatic heterocycles. The summed E-state index contributed by atoms with van der Waals surface area (Å²) in [6.07, 6.45) is 2.53. The molecule has 21 heavy (non-hydrogen) atoms. The molecule has 5 heteroatoms. The highest BCUT2D eigenvalue weighted by Gasteiger charge is 2.20. The second kappa shape index (κ2) is 8.00. The zero-order valence-corrected chi connectivity index (χ0v) is 12.5. The van der Waals surface area contributed by atoms with Gasteiger partial charge in [-0.25, -0.2) is 0 Å². The average Bonchev–Trinajstić information content (AvgIpc) is 2.98. The number of carboxylic acid groups (broad SMARTS) is 1. The van der Waals surface area contributed by atoms with Gasteiger partial charge in [-0.1, -0.05) is 12.1 Å². The Labute approximate surface area is 125 Å². The number of methoxy groups -OCH3 is 1. The minimum atomic E-state index is -0.766. The Morgan fingerprint density at radius 2 is 2.38 bits per heavy atom. The molecule has 1 aromatic carbocycles. The number of rotatable bonds is 8. The van der Waals surface area contributed by atoms with E-state index >= 15 is 0 Å². The molecule has 1 unspecified atom stereocenters. The minimum absolute atomic E-state index is 0.149. The predicted molar refractivity (Wildman–Crippen MR) is 79.5 cm³/mol. The number of aliphatic carboxylic acids is 1. The molecular weight excluding hydrogens is 270 g/mol. The summed E-state index contributed by atoms with van der Waals surface area (Å²) in [4.78, 5) is 13.0. The van der Waals surface area contributed by atoms with Gasteiger partial charge in [0.2, 0.25) is 0 Å². The second-order valence-corrected chi connectivity index (χ2v) is 5.37. The van der Waals surface area contributed by atoms with Crippen LogP contribution in [0.25, 0.3) is 0 Å². The van der Waals surface area contributed by atoms with E-state index in [0.29, 0.717) is 13.1 Å². The van der Waals surface area contributed by atoms with Crippen LogP contribution in [0.2, 0.25) is 0 Å². The second-order valence-electron chi connectivity index (χ2n) is 5.37. The Morgan fingerprint density at radius 1 is 1.52 bits per heavy atom. The Balaban J connectivity index is 1.97. The lowest BCUT2D eigenvalue weighted by molar-refractivity contribution is -0.137. The highest BCUT2D eigenvalue weighted by Crippen LogP contribution is 2.17. The van der Waals surface area contributed by atoms with Crippen molar-refractivity contribution in [2.75, 3.05) is 26.8 Å². The van der Waals surface area contributed by atoms with Gasteiger partial charge < -0.3 is 14.6 Å². The van der Waals surface area contributed by atoms with Gasteiger partial charge in [0.25, 0.3) is 0 Å². The van der Waals surface area contributed by atoms with E-state index < -0.39 is 5.97 Å². The Bertz CT molecular complexity index is 457. The predicted octanol–water partition coefficient (Wildman–Crippen LogP) is 2.15. The van der Waals surface area contributed by atoms with Crippen LogP contribution in [0.15, 0.2) is 24.3 Å². The molecule has 5 nitrogen and oxygen atoms in total. The van der Waals surface area contributed by atoms with Crippen molar-refractivity contribution < 1.29 is 19.4 Å². The number of carboxylic acids is 1. The lowest BCUT2D eigenvalue weighted by Crippen LogP contribution is -2.33. The van der Waals surface area contributed by atoms with Crippen molar-refractivity contribution in [1.29, 1.82) is 0 Å². The number of hydrogen-bond donors (Lipinski definition) is 1. The van der Waals surface area contributed by atoms with E-state index in [2.05, 4.69) is 4.90 Å². The molecular formula is C16H23NO4. The molecule has 1 aromatic rings. The smallest absolute Gasteiger partial charge is 0.304 e. The van der Waals surface area contributed by atoms with Crippen molar-refractivity contribution in [2.24, 2.45) is 0 Å². The van der Waals surface area contributed by atoms with Crippen molar-refractivity contribution in [3.05, 3.63) is 29.8 Å². The molecule has 1 aliphatic heterocycles. The molecule has 0 amide bonds. The van der Waals surface area contributed by atoms with E-state index in [0.717, 1.165) is 37.3 Å². The lowest BCUT2D eigenvalue weighted by atomic mass is 10.1. The molecule has 2 rings (SSSR count). The maximum Gasteiger partial charge on any atom is 0.304 e. The third-order valence-electron chi connectivity index (χ3n) is 3.67. The summed E-state index contributed by atoms with van der Waals surface area (Å²) in [6.45, 7) is 2.85. The highest BCUT2D eigenvalue weighted by atomic mass is 16.5. The molecule has 1 fully saturated rings. The van der Waals surface area contributed by atoms with Crippen LogP contribution in [0.5, 0.6) is 5.75 Å². The first-order valence-electron chi connectivity index (χ1n) is 7.36. The summed E-state index contributed by atoms with van der Waals surface area (Å²) in [5, 5.41) is 8.89. The summed E-state index contributed by atoms with van der Waals surface area (Å²) in [6, 6.07) is 7.88. The molecule has 116 valence electrons. The molecule has 1 saturated heterocycles. The van der Waals surface area contributed by atoms with Gasteiger partial charge in [-0.05, 0) is 30.5 Å². The molecule has 0 aliphatic carbocycles. The van der Waals surface area contributed by atoms with Crippen LogP contribution in [-0.2, 0) is 16.1 Å². The minimum Gasteiger partial charge on any atom is -0.497 e. The van der Waals surface area contributed by atoms with Gasteiger partial charge in [-0.3, -0.25) is 9.69 Å². The monoisotopic (exact) mass is 293 g/mol. The van der Waals surface area contributed by atoms with Crippen LogP contribution in [0.3, 0.4) is 0 Å². The number of benzene rings is 1. The fourth-order valence-electron chi connectivity index (χ4n) is 2.59. The Morgan fingerprint density at radius 3 is 3.05 bits per heavy atom. The number of hydrogen-bond acceptors (Lipinski definition) is 4. The third-order valence-corrected chi connectivity index (χ3v) is 3.67. The quantitative estimate of drug-likeness (QED) is 0.796. The van der Waals surface area contributed by atoms with Crippen LogP contribution >= 0.6 is 0 Å². The fourth-order valence-corrected chi connectivity index (χ4v) is 2.59. The zero-order valence-electron chi connectivity index (χ0n) is 12.5. The van der Waals surface area contributed by atoms with E-state index in [1.807, 2.05) is 24.3 Å². The van der Waals surface area contributed by atoms with Gasteiger partial charge in [0.1, 0.15) is 5.75 Å². The highest BCUT2D eigenvalue weighted by molar-refractivity contribution is 5.66. The Hall–Kier alpha value is -1.59. The zero-order chi connectivity index (χ0) is 15.1. The van der Waals surface area contributed by atoms with Crippen LogP contribution in [0.1, 0.15) is 24.8 Å². The van der Waals surface area contributed by atoms with Crippen molar-refractivity contribution in [2.45, 2.75) is 31.9 Å². The third kappa shape index (κ3) is 5.36. The standard InChI is InChI=1S/C16H23NO4/c1-20-14-5-2-4-13(10-14)11-17(8-7-16(18)19)12-15-6-3-9-21-15/h2,4-5,10,15H,3,6-9,11-12H2,1H3,(H,18,19). The van der Waals surface area contributed by atoms with Crippen LogP contribution in [0, 0.1) is 0 Å². The first-order chi connectivity index (χ1) is 10.2. The molecule has 0 radical (unpaired) electrons. The van der Waals surface area contributed by atoms with Gasteiger partial charge in [0, 0.05) is 26.2 Å². The molecule has 1 heterocycles. The SMILES string of the molecule is COc1cccc(CN(CCC(=O)O)CC2CCCO2)c1. The van der Waals surface area contributed by atoms with Gasteiger partial charge in [-0.15, -0.1) is 0 Å². The van der Waals surface area contributed by atoms with Gasteiger partial charge in [0.05, 0.1) is 19.6 Å². The molecule has 0 spiro atoms. The van der Waals surface area contributed by atoms with E-state index in [4.69, 9.17) is 14.6 Å². The first-order valence-corrected chi connectivity index (χ1v) is 7.36. The first kappa shape index (κ1) is 15.8. The van der Waals surface area contributed by atoms with Gasteiger partial charge >= 0.3 is 5.97 Å². The maximum atomic E-state index is 10.8. The van der Waals surface area contributed by atoms with E-state index in [1.165, 1.54) is 0 Å². The van der Waals surface area contributed by atoms with E-state index in [-0.39, 0.29) is 12.5 Å². The summed E-state index contributed by atoms with van der Waals surface area (Å²) < 4.78 is 10.9. The molecule has 0 saturated carbocycles. The Kier molecular flexibility index (Phi) is 6.02. The van der Waals surface area contributed by atoms with Gasteiger partial charge in [-0.2, -0.15) is 0 Å². The summed E-state index contributed by atoms with van der Waals surface area (Å²) in [5.41, 5.74) is 1.12. The van der Waals surface area contributed by atoms with Crippen LogP contribution < -0.4 is 4.74 Å².